The average molecular weight is 506 g/mol. The summed E-state index contributed by atoms with van der Waals surface area (Å²) in [4.78, 5) is 0.310. The molecule has 0 atom stereocenters. The molecule has 0 bridgehead atoms. The summed E-state index contributed by atoms with van der Waals surface area (Å²) in [5.74, 6) is 0.704. The number of hydrogen-bond donors (Lipinski definition) is 1. The number of ether oxygens (including phenoxy) is 1. The smallest absolute Gasteiger partial charge is 0.241 e. The molecule has 35 heavy (non-hydrogen) atoms. The zero-order chi connectivity index (χ0) is 25.7. The minimum absolute atomic E-state index is 0.228. The average Bonchev–Trinajstić information content (AvgIpc) is 2.75. The normalized spacial score (nSPS) is 12.6. The molecule has 0 aliphatic carbocycles. The number of rotatable bonds is 6. The van der Waals surface area contributed by atoms with Crippen molar-refractivity contribution in [2.75, 3.05) is 7.11 Å². The molecule has 4 rings (SSSR count). The van der Waals surface area contributed by atoms with Crippen molar-refractivity contribution in [3.05, 3.63) is 65.7 Å². The Morgan fingerprint density at radius 3 is 2.09 bits per heavy atom. The van der Waals surface area contributed by atoms with Gasteiger partial charge >= 0.3 is 0 Å². The highest BCUT2D eigenvalue weighted by Crippen LogP contribution is 2.46. The lowest BCUT2D eigenvalue weighted by molar-refractivity contribution is 0.414. The first-order valence-electron chi connectivity index (χ1n) is 12.0. The zero-order valence-electron chi connectivity index (χ0n) is 21.9. The number of nitrogens with one attached hydrogen (secondary N) is 1. The lowest BCUT2D eigenvalue weighted by Crippen LogP contribution is -2.37. The zero-order valence-corrected chi connectivity index (χ0v) is 23.7. The monoisotopic (exact) mass is 505 g/mol. The molecule has 6 heteroatoms. The van der Waals surface area contributed by atoms with Crippen LogP contribution < -0.4 is 14.6 Å². The fourth-order valence-electron chi connectivity index (χ4n) is 4.94. The molecule has 4 nitrogen and oxygen atoms in total. The van der Waals surface area contributed by atoms with Gasteiger partial charge < -0.3 is 4.74 Å². The van der Waals surface area contributed by atoms with Gasteiger partial charge in [0.05, 0.1) is 20.1 Å². The molecule has 0 unspecified atom stereocenters. The molecular formula is C29H35NO3SSi. The largest absolute Gasteiger partial charge is 0.496 e. The summed E-state index contributed by atoms with van der Waals surface area (Å²) < 4.78 is 36.3. The van der Waals surface area contributed by atoms with Crippen molar-refractivity contribution in [3.8, 4) is 16.9 Å². The second kappa shape index (κ2) is 9.08. The number of fused-ring (bicyclic) bond motifs is 2. The van der Waals surface area contributed by atoms with Gasteiger partial charge in [-0.2, -0.15) is 0 Å². The Hall–Kier alpha value is -2.67. The third kappa shape index (κ3) is 4.62. The van der Waals surface area contributed by atoms with Crippen molar-refractivity contribution in [3.63, 3.8) is 0 Å². The Morgan fingerprint density at radius 2 is 1.46 bits per heavy atom. The molecule has 4 aromatic rings. The van der Waals surface area contributed by atoms with Gasteiger partial charge in [0.2, 0.25) is 10.0 Å². The molecule has 184 valence electrons. The molecule has 0 spiro atoms. The third-order valence-electron chi connectivity index (χ3n) is 6.45. The molecule has 0 saturated carbocycles. The quantitative estimate of drug-likeness (QED) is 0.304. The summed E-state index contributed by atoms with van der Waals surface area (Å²) >= 11 is 0. The van der Waals surface area contributed by atoms with Gasteiger partial charge in [0.1, 0.15) is 5.75 Å². The van der Waals surface area contributed by atoms with Crippen LogP contribution in [0.25, 0.3) is 32.7 Å². The number of benzene rings is 4. The maximum atomic E-state index is 13.8. The summed E-state index contributed by atoms with van der Waals surface area (Å²) in [7, 11) is -3.67. The second-order valence-electron chi connectivity index (χ2n) is 10.7. The minimum atomic E-state index is -3.80. The molecule has 0 radical (unpaired) electrons. The van der Waals surface area contributed by atoms with Crippen molar-refractivity contribution in [1.82, 2.24) is 4.72 Å². The molecule has 0 amide bonds. The highest BCUT2D eigenvalue weighted by atomic mass is 32.2. The van der Waals surface area contributed by atoms with Crippen LogP contribution in [-0.2, 0) is 10.0 Å². The number of methoxy groups -OCH3 is 1. The first kappa shape index (κ1) is 25.4. The number of hydrogen-bond acceptors (Lipinski definition) is 3. The van der Waals surface area contributed by atoms with Gasteiger partial charge in [-0.15, -0.1) is 0 Å². The van der Waals surface area contributed by atoms with Gasteiger partial charge in [0.15, 0.2) is 0 Å². The van der Waals surface area contributed by atoms with Crippen LogP contribution in [0, 0.1) is 13.8 Å². The Labute approximate surface area is 210 Å². The summed E-state index contributed by atoms with van der Waals surface area (Å²) in [6.45, 7) is 14.6. The molecule has 4 aromatic carbocycles. The predicted molar refractivity (Wildman–Crippen MR) is 151 cm³/mol. The molecule has 0 aliphatic rings. The SMILES string of the molecule is COc1c(C)cc2cc([Si](C)(C)C)ccc2c1-c1c(S(=O)(=O)NC(C)C)c(C)cc2ccccc12. The van der Waals surface area contributed by atoms with E-state index in [0.29, 0.717) is 21.8 Å². The highest BCUT2D eigenvalue weighted by Gasteiger charge is 2.29. The summed E-state index contributed by atoms with van der Waals surface area (Å²) in [5, 5.41) is 5.35. The van der Waals surface area contributed by atoms with E-state index in [4.69, 9.17) is 4.74 Å². The van der Waals surface area contributed by atoms with Crippen molar-refractivity contribution in [2.45, 2.75) is 58.3 Å². The van der Waals surface area contributed by atoms with Crippen LogP contribution in [0.15, 0.2) is 59.5 Å². The highest BCUT2D eigenvalue weighted by molar-refractivity contribution is 7.89. The van der Waals surface area contributed by atoms with Crippen LogP contribution in [0.4, 0.5) is 0 Å². The maximum absolute atomic E-state index is 13.8. The predicted octanol–water partition coefficient (Wildman–Crippen LogP) is 6.52. The van der Waals surface area contributed by atoms with E-state index in [1.165, 1.54) is 5.19 Å². The van der Waals surface area contributed by atoms with Crippen LogP contribution in [0.1, 0.15) is 25.0 Å². The van der Waals surface area contributed by atoms with Gasteiger partial charge in [-0.05, 0) is 66.4 Å². The first-order valence-corrected chi connectivity index (χ1v) is 17.0. The molecule has 0 aromatic heterocycles. The van der Waals surface area contributed by atoms with Crippen LogP contribution in [0.3, 0.4) is 0 Å². The van der Waals surface area contributed by atoms with Gasteiger partial charge in [-0.3, -0.25) is 0 Å². The Bertz CT molecular complexity index is 1550. The van der Waals surface area contributed by atoms with E-state index in [0.717, 1.165) is 32.7 Å². The summed E-state index contributed by atoms with van der Waals surface area (Å²) in [6.07, 6.45) is 0. The lowest BCUT2D eigenvalue weighted by Gasteiger charge is -2.23. The summed E-state index contributed by atoms with van der Waals surface area (Å²) in [5.41, 5.74) is 3.21. The standard InChI is InChI=1S/C29H35NO3SSi/c1-18(2)30-34(31,32)29-20(4)16-21-11-9-10-12-24(21)27(29)26-25-14-13-23(35(6,7)8)17-22(25)15-19(3)28(26)33-5/h9-18,30H,1-8H3. The van der Waals surface area contributed by atoms with Crippen molar-refractivity contribution in [1.29, 1.82) is 0 Å². The van der Waals surface area contributed by atoms with E-state index in [1.54, 1.807) is 7.11 Å². The first-order chi connectivity index (χ1) is 16.3. The molecule has 0 fully saturated rings. The van der Waals surface area contributed by atoms with Gasteiger partial charge in [0.25, 0.3) is 0 Å². The molecular weight excluding hydrogens is 470 g/mol. The van der Waals surface area contributed by atoms with Gasteiger partial charge in [-0.25, -0.2) is 13.1 Å². The van der Waals surface area contributed by atoms with E-state index in [-0.39, 0.29) is 6.04 Å². The van der Waals surface area contributed by atoms with Crippen LogP contribution in [0.2, 0.25) is 19.6 Å². The topological polar surface area (TPSA) is 55.4 Å². The molecule has 1 N–H and O–H groups in total. The Balaban J connectivity index is 2.25. The van der Waals surface area contributed by atoms with Crippen LogP contribution in [0.5, 0.6) is 5.75 Å². The number of sulfonamides is 1. The fraction of sp³-hybridized carbons (Fsp3) is 0.310. The summed E-state index contributed by atoms with van der Waals surface area (Å²) in [6, 6.07) is 18.5. The van der Waals surface area contributed by atoms with Crippen molar-refractivity contribution in [2.24, 2.45) is 0 Å². The van der Waals surface area contributed by atoms with E-state index in [9.17, 15) is 8.42 Å². The minimum Gasteiger partial charge on any atom is -0.496 e. The molecule has 0 aliphatic heterocycles. The second-order valence-corrected chi connectivity index (χ2v) is 17.4. The van der Waals surface area contributed by atoms with Crippen LogP contribution in [-0.4, -0.2) is 29.6 Å². The van der Waals surface area contributed by atoms with E-state index < -0.39 is 18.1 Å². The molecule has 0 saturated heterocycles. The van der Waals surface area contributed by atoms with Gasteiger partial charge in [-0.1, -0.05) is 73.4 Å². The maximum Gasteiger partial charge on any atom is 0.241 e. The number of aryl methyl sites for hydroxylation is 2. The van der Waals surface area contributed by atoms with E-state index in [1.807, 2.05) is 58.0 Å². The van der Waals surface area contributed by atoms with Crippen molar-refractivity contribution < 1.29 is 13.2 Å². The molecule has 0 heterocycles. The van der Waals surface area contributed by atoms with Gasteiger partial charge in [0, 0.05) is 17.2 Å². The van der Waals surface area contributed by atoms with E-state index in [2.05, 4.69) is 48.6 Å². The fourth-order valence-corrected chi connectivity index (χ4v) is 7.81. The third-order valence-corrected chi connectivity index (χ3v) is 10.3. The van der Waals surface area contributed by atoms with Crippen LogP contribution >= 0.6 is 0 Å². The lowest BCUT2D eigenvalue weighted by atomic mass is 9.90. The Morgan fingerprint density at radius 1 is 0.829 bits per heavy atom. The Kier molecular flexibility index (Phi) is 6.60. The van der Waals surface area contributed by atoms with Crippen molar-refractivity contribution >= 4 is 44.8 Å². The van der Waals surface area contributed by atoms with E-state index >= 15 is 0 Å².